The van der Waals surface area contributed by atoms with Crippen molar-refractivity contribution < 1.29 is 9.90 Å². The topological polar surface area (TPSA) is 78.4 Å². The summed E-state index contributed by atoms with van der Waals surface area (Å²) in [6, 6.07) is 7.07. The van der Waals surface area contributed by atoms with E-state index < -0.39 is 0 Å². The average Bonchev–Trinajstić information content (AvgIpc) is 2.80. The van der Waals surface area contributed by atoms with E-state index in [0.717, 1.165) is 34.8 Å². The van der Waals surface area contributed by atoms with E-state index >= 15 is 0 Å². The molecular formula is C26H31ClN4O2. The zero-order valence-electron chi connectivity index (χ0n) is 18.8. The number of aromatic nitrogens is 2. The van der Waals surface area contributed by atoms with Gasteiger partial charge in [0.05, 0.1) is 18.3 Å². The summed E-state index contributed by atoms with van der Waals surface area (Å²) in [7, 11) is 0. The Morgan fingerprint density at radius 2 is 1.91 bits per heavy atom. The predicted octanol–water partition coefficient (Wildman–Crippen LogP) is 4.32. The summed E-state index contributed by atoms with van der Waals surface area (Å²) in [6.07, 6.45) is 9.60. The van der Waals surface area contributed by atoms with Crippen molar-refractivity contribution in [1.82, 2.24) is 14.9 Å². The number of halogens is 1. The molecule has 33 heavy (non-hydrogen) atoms. The lowest BCUT2D eigenvalue weighted by atomic mass is 9.48. The highest BCUT2D eigenvalue weighted by atomic mass is 35.5. The van der Waals surface area contributed by atoms with E-state index in [2.05, 4.69) is 15.3 Å². The Labute approximate surface area is 199 Å². The molecule has 7 heteroatoms. The minimum absolute atomic E-state index is 0.0338. The van der Waals surface area contributed by atoms with Gasteiger partial charge in [0, 0.05) is 29.2 Å². The standard InChI is InChI=1S/C26H31ClN4O2/c27-20-3-1-2-19(9-20)25(33)31-5-4-21-22(14-31)29-15-30-24(21)28-13-23(32)26-10-16-6-17(11-26)8-18(7-16)12-26/h1-3,9,15-18,23,32H,4-8,10-14H2,(H,28,29,30). The quantitative estimate of drug-likeness (QED) is 0.686. The number of benzene rings is 1. The van der Waals surface area contributed by atoms with Crippen LogP contribution in [0.2, 0.25) is 5.02 Å². The Kier molecular flexibility index (Phi) is 5.33. The van der Waals surface area contributed by atoms with Crippen LogP contribution < -0.4 is 5.32 Å². The first kappa shape index (κ1) is 21.4. The smallest absolute Gasteiger partial charge is 0.254 e. The molecule has 0 saturated heterocycles. The fraction of sp³-hybridized carbons (Fsp3) is 0.577. The summed E-state index contributed by atoms with van der Waals surface area (Å²) in [5, 5.41) is 15.3. The predicted molar refractivity (Wildman–Crippen MR) is 127 cm³/mol. The molecule has 1 atom stereocenters. The van der Waals surface area contributed by atoms with Crippen molar-refractivity contribution in [2.24, 2.45) is 23.2 Å². The fourth-order valence-electron chi connectivity index (χ4n) is 7.48. The summed E-state index contributed by atoms with van der Waals surface area (Å²) in [5.41, 5.74) is 2.62. The van der Waals surface area contributed by atoms with Crippen LogP contribution in [0.25, 0.3) is 0 Å². The molecule has 4 aliphatic carbocycles. The summed E-state index contributed by atoms with van der Waals surface area (Å²) in [4.78, 5) is 23.7. The summed E-state index contributed by atoms with van der Waals surface area (Å²) in [5.74, 6) is 3.23. The van der Waals surface area contributed by atoms with Gasteiger partial charge < -0.3 is 15.3 Å². The van der Waals surface area contributed by atoms with Crippen LogP contribution in [0.15, 0.2) is 30.6 Å². The number of aliphatic hydroxyl groups excluding tert-OH is 1. The number of hydrogen-bond acceptors (Lipinski definition) is 5. The van der Waals surface area contributed by atoms with Gasteiger partial charge in [0.2, 0.25) is 0 Å². The van der Waals surface area contributed by atoms with Crippen molar-refractivity contribution in [1.29, 1.82) is 0 Å². The van der Waals surface area contributed by atoms with Gasteiger partial charge in [0.25, 0.3) is 5.91 Å². The molecule has 4 bridgehead atoms. The van der Waals surface area contributed by atoms with Crippen LogP contribution >= 0.6 is 11.6 Å². The van der Waals surface area contributed by atoms with Gasteiger partial charge in [0.15, 0.2) is 0 Å². The average molecular weight is 467 g/mol. The maximum absolute atomic E-state index is 12.9. The number of carbonyl (C=O) groups excluding carboxylic acids is 1. The first-order valence-corrected chi connectivity index (χ1v) is 12.7. The lowest BCUT2D eigenvalue weighted by molar-refractivity contribution is -0.115. The number of anilines is 1. The van der Waals surface area contributed by atoms with Crippen molar-refractivity contribution in [3.8, 4) is 0 Å². The first-order chi connectivity index (χ1) is 16.0. The Morgan fingerprint density at radius 1 is 1.18 bits per heavy atom. The highest BCUT2D eigenvalue weighted by Crippen LogP contribution is 2.61. The van der Waals surface area contributed by atoms with Gasteiger partial charge in [0.1, 0.15) is 12.1 Å². The van der Waals surface area contributed by atoms with Crippen LogP contribution in [0.3, 0.4) is 0 Å². The molecule has 1 aliphatic heterocycles. The van der Waals surface area contributed by atoms with Gasteiger partial charge in [-0.1, -0.05) is 17.7 Å². The fourth-order valence-corrected chi connectivity index (χ4v) is 7.67. The van der Waals surface area contributed by atoms with Gasteiger partial charge in [-0.15, -0.1) is 0 Å². The third-order valence-electron chi connectivity index (χ3n) is 8.62. The Bertz CT molecular complexity index is 1040. The molecule has 7 rings (SSSR count). The lowest BCUT2D eigenvalue weighted by Gasteiger charge is -2.58. The summed E-state index contributed by atoms with van der Waals surface area (Å²) < 4.78 is 0. The molecule has 0 spiro atoms. The molecule has 4 fully saturated rings. The van der Waals surface area contributed by atoms with Crippen molar-refractivity contribution >= 4 is 23.3 Å². The zero-order valence-corrected chi connectivity index (χ0v) is 19.6. The molecule has 4 saturated carbocycles. The maximum Gasteiger partial charge on any atom is 0.254 e. The molecule has 1 amide bonds. The number of carbonyl (C=O) groups is 1. The van der Waals surface area contributed by atoms with E-state index in [1.807, 2.05) is 4.90 Å². The number of hydrogen-bond donors (Lipinski definition) is 2. The van der Waals surface area contributed by atoms with E-state index in [0.29, 0.717) is 36.6 Å². The second-order valence-corrected chi connectivity index (χ2v) is 11.2. The second kappa shape index (κ2) is 8.24. The molecule has 2 heterocycles. The van der Waals surface area contributed by atoms with Gasteiger partial charge >= 0.3 is 0 Å². The maximum atomic E-state index is 12.9. The lowest BCUT2D eigenvalue weighted by Crippen LogP contribution is -2.53. The Morgan fingerprint density at radius 3 is 2.61 bits per heavy atom. The Balaban J connectivity index is 1.14. The number of nitrogens with one attached hydrogen (secondary N) is 1. The molecule has 5 aliphatic rings. The SMILES string of the molecule is O=C(c1cccc(Cl)c1)N1CCc2c(ncnc2NCC(O)C23CC4CC(CC(C4)C2)C3)C1. The minimum atomic E-state index is -0.346. The molecule has 2 aromatic rings. The van der Waals surface area contributed by atoms with Crippen LogP contribution in [0.4, 0.5) is 5.82 Å². The molecule has 6 nitrogen and oxygen atoms in total. The number of amides is 1. The largest absolute Gasteiger partial charge is 0.391 e. The Hall–Kier alpha value is -2.18. The summed E-state index contributed by atoms with van der Waals surface area (Å²) in [6.45, 7) is 1.59. The van der Waals surface area contributed by atoms with Crippen LogP contribution in [-0.4, -0.2) is 45.1 Å². The summed E-state index contributed by atoms with van der Waals surface area (Å²) >= 11 is 6.07. The molecule has 1 unspecified atom stereocenters. The molecule has 1 aromatic heterocycles. The highest BCUT2D eigenvalue weighted by molar-refractivity contribution is 6.30. The van der Waals surface area contributed by atoms with Crippen molar-refractivity contribution in [3.63, 3.8) is 0 Å². The molecule has 0 radical (unpaired) electrons. The first-order valence-electron chi connectivity index (χ1n) is 12.3. The third-order valence-corrected chi connectivity index (χ3v) is 8.86. The molecule has 2 N–H and O–H groups in total. The molecule has 1 aromatic carbocycles. The highest BCUT2D eigenvalue weighted by Gasteiger charge is 2.53. The van der Waals surface area contributed by atoms with Crippen molar-refractivity contribution in [3.05, 3.63) is 52.4 Å². The zero-order chi connectivity index (χ0) is 22.6. The number of nitrogens with zero attached hydrogens (tertiary/aromatic N) is 3. The van der Waals surface area contributed by atoms with E-state index in [1.54, 1.807) is 30.6 Å². The van der Waals surface area contributed by atoms with Gasteiger partial charge in [-0.05, 0) is 86.3 Å². The molecular weight excluding hydrogens is 436 g/mol. The minimum Gasteiger partial charge on any atom is -0.391 e. The van der Waals surface area contributed by atoms with E-state index in [4.69, 9.17) is 11.6 Å². The second-order valence-electron chi connectivity index (χ2n) is 10.8. The van der Waals surface area contributed by atoms with Crippen LogP contribution in [0.1, 0.15) is 60.1 Å². The van der Waals surface area contributed by atoms with Crippen LogP contribution in [0, 0.1) is 23.2 Å². The number of rotatable bonds is 5. The van der Waals surface area contributed by atoms with E-state index in [-0.39, 0.29) is 17.4 Å². The van der Waals surface area contributed by atoms with E-state index in [1.165, 1.54) is 38.5 Å². The monoisotopic (exact) mass is 466 g/mol. The van der Waals surface area contributed by atoms with Gasteiger partial charge in [-0.25, -0.2) is 9.97 Å². The van der Waals surface area contributed by atoms with Gasteiger partial charge in [-0.3, -0.25) is 4.79 Å². The third kappa shape index (κ3) is 3.91. The van der Waals surface area contributed by atoms with Crippen molar-refractivity contribution in [2.75, 3.05) is 18.4 Å². The van der Waals surface area contributed by atoms with Crippen LogP contribution in [-0.2, 0) is 13.0 Å². The van der Waals surface area contributed by atoms with Gasteiger partial charge in [-0.2, -0.15) is 0 Å². The number of fused-ring (bicyclic) bond motifs is 1. The van der Waals surface area contributed by atoms with Crippen LogP contribution in [0.5, 0.6) is 0 Å². The van der Waals surface area contributed by atoms with Crippen molar-refractivity contribution in [2.45, 2.75) is 57.6 Å². The number of aliphatic hydroxyl groups is 1. The molecule has 174 valence electrons. The van der Waals surface area contributed by atoms with E-state index in [9.17, 15) is 9.90 Å². The normalized spacial score (nSPS) is 30.7.